The van der Waals surface area contributed by atoms with E-state index in [2.05, 4.69) is 10.3 Å². The minimum Gasteiger partial charge on any atom is -0.452 e. The first-order chi connectivity index (χ1) is 12.5. The fourth-order valence-corrected chi connectivity index (χ4v) is 2.47. The van der Waals surface area contributed by atoms with Gasteiger partial charge in [0.15, 0.2) is 6.61 Å². The number of carbonyl (C=O) groups is 3. The molecular weight excluding hydrogens is 338 g/mol. The third kappa shape index (κ3) is 4.69. The molecule has 8 nitrogen and oxygen atoms in total. The number of esters is 1. The van der Waals surface area contributed by atoms with Crippen molar-refractivity contribution in [3.63, 3.8) is 0 Å². The van der Waals surface area contributed by atoms with Gasteiger partial charge >= 0.3 is 5.97 Å². The Bertz CT molecular complexity index is 875. The number of hydrogen-bond acceptors (Lipinski definition) is 5. The van der Waals surface area contributed by atoms with Crippen molar-refractivity contribution in [3.8, 4) is 0 Å². The molecule has 0 aliphatic heterocycles. The second kappa shape index (κ2) is 8.80. The van der Waals surface area contributed by atoms with Crippen molar-refractivity contribution in [1.29, 1.82) is 0 Å². The Morgan fingerprint density at radius 3 is 2.62 bits per heavy atom. The van der Waals surface area contributed by atoms with Crippen LogP contribution in [-0.2, 0) is 14.3 Å². The lowest BCUT2D eigenvalue weighted by Gasteiger charge is -2.20. The van der Waals surface area contributed by atoms with Crippen LogP contribution in [0.15, 0.2) is 35.1 Å². The zero-order valence-electron chi connectivity index (χ0n) is 14.7. The van der Waals surface area contributed by atoms with E-state index in [0.29, 0.717) is 24.0 Å². The summed E-state index contributed by atoms with van der Waals surface area (Å²) in [6.07, 6.45) is 0. The van der Waals surface area contributed by atoms with Gasteiger partial charge in [0, 0.05) is 30.1 Å². The van der Waals surface area contributed by atoms with Crippen LogP contribution in [0.3, 0.4) is 0 Å². The number of pyridine rings is 1. The number of amides is 2. The summed E-state index contributed by atoms with van der Waals surface area (Å²) in [5, 5.41) is 3.13. The normalized spacial score (nSPS) is 10.4. The topological polar surface area (TPSA) is 109 Å². The zero-order chi connectivity index (χ0) is 19.1. The summed E-state index contributed by atoms with van der Waals surface area (Å²) in [5.74, 6) is -1.54. The van der Waals surface area contributed by atoms with Crippen molar-refractivity contribution in [2.24, 2.45) is 0 Å². The Hall–Kier alpha value is -3.16. The summed E-state index contributed by atoms with van der Waals surface area (Å²) in [4.78, 5) is 51.7. The average molecular weight is 359 g/mol. The van der Waals surface area contributed by atoms with Gasteiger partial charge in [-0.3, -0.25) is 14.4 Å². The lowest BCUT2D eigenvalue weighted by Crippen LogP contribution is -2.42. The highest BCUT2D eigenvalue weighted by Gasteiger charge is 2.19. The molecule has 0 bridgehead atoms. The van der Waals surface area contributed by atoms with Crippen molar-refractivity contribution in [2.45, 2.75) is 13.8 Å². The molecule has 0 radical (unpaired) electrons. The number of aromatic amines is 1. The van der Waals surface area contributed by atoms with Gasteiger partial charge in [0.25, 0.3) is 5.91 Å². The first-order valence-corrected chi connectivity index (χ1v) is 8.29. The number of aromatic nitrogens is 1. The molecule has 0 fully saturated rings. The predicted molar refractivity (Wildman–Crippen MR) is 95.8 cm³/mol. The number of nitrogens with one attached hydrogen (secondary N) is 2. The van der Waals surface area contributed by atoms with Crippen LogP contribution in [0.25, 0.3) is 10.9 Å². The summed E-state index contributed by atoms with van der Waals surface area (Å²) < 4.78 is 5.06. The molecule has 0 unspecified atom stereocenters. The first kappa shape index (κ1) is 19.2. The van der Waals surface area contributed by atoms with Crippen LogP contribution in [0, 0.1) is 0 Å². The minimum absolute atomic E-state index is 0.0870. The largest absolute Gasteiger partial charge is 0.452 e. The van der Waals surface area contributed by atoms with E-state index in [1.165, 1.54) is 4.90 Å². The molecule has 1 aromatic carbocycles. The molecular formula is C18H21N3O5. The summed E-state index contributed by atoms with van der Waals surface area (Å²) >= 11 is 0. The number of rotatable bonds is 7. The monoisotopic (exact) mass is 359 g/mol. The van der Waals surface area contributed by atoms with Crippen LogP contribution in [-0.4, -0.2) is 53.9 Å². The van der Waals surface area contributed by atoms with Crippen molar-refractivity contribution in [2.75, 3.05) is 26.2 Å². The molecule has 8 heteroatoms. The molecule has 0 saturated heterocycles. The molecule has 0 aliphatic carbocycles. The van der Waals surface area contributed by atoms with Gasteiger partial charge in [-0.25, -0.2) is 4.79 Å². The Morgan fingerprint density at radius 1 is 1.19 bits per heavy atom. The van der Waals surface area contributed by atoms with Crippen molar-refractivity contribution in [3.05, 3.63) is 46.2 Å². The fourth-order valence-electron chi connectivity index (χ4n) is 2.47. The molecule has 1 heterocycles. The number of benzene rings is 1. The summed E-state index contributed by atoms with van der Waals surface area (Å²) in [7, 11) is 0. The predicted octanol–water partition coefficient (Wildman–Crippen LogP) is 0.670. The number of fused-ring (bicyclic) bond motifs is 1. The maximum Gasteiger partial charge on any atom is 0.339 e. The van der Waals surface area contributed by atoms with E-state index >= 15 is 0 Å². The molecule has 26 heavy (non-hydrogen) atoms. The number of ether oxygens (including phenoxy) is 1. The molecule has 0 atom stereocenters. The standard InChI is InChI=1S/C18H21N3O5/c1-3-19-16(23)10-21(4-2)17(24)11-26-18(25)13-9-15(22)20-14-8-6-5-7-12(13)14/h5-9H,3-4,10-11H2,1-2H3,(H,19,23)(H,20,22). The van der Waals surface area contributed by atoms with Crippen LogP contribution in [0.4, 0.5) is 0 Å². The number of likely N-dealkylation sites (N-methyl/N-ethyl adjacent to an activating group) is 2. The Labute approximate surface area is 150 Å². The van der Waals surface area contributed by atoms with Gasteiger partial charge in [-0.2, -0.15) is 0 Å². The number of hydrogen-bond donors (Lipinski definition) is 2. The van der Waals surface area contributed by atoms with Gasteiger partial charge in [0.2, 0.25) is 11.5 Å². The second-order valence-electron chi connectivity index (χ2n) is 5.53. The quantitative estimate of drug-likeness (QED) is 0.706. The van der Waals surface area contributed by atoms with Crippen LogP contribution in [0.2, 0.25) is 0 Å². The fraction of sp³-hybridized carbons (Fsp3) is 0.333. The second-order valence-corrected chi connectivity index (χ2v) is 5.53. The van der Waals surface area contributed by atoms with Gasteiger partial charge in [-0.15, -0.1) is 0 Å². The molecule has 0 aliphatic rings. The van der Waals surface area contributed by atoms with E-state index in [1.807, 2.05) is 0 Å². The van der Waals surface area contributed by atoms with Crippen LogP contribution in [0.1, 0.15) is 24.2 Å². The van der Waals surface area contributed by atoms with Gasteiger partial charge in [0.05, 0.1) is 12.1 Å². The number of para-hydroxylation sites is 1. The van der Waals surface area contributed by atoms with Crippen LogP contribution >= 0.6 is 0 Å². The van der Waals surface area contributed by atoms with Gasteiger partial charge < -0.3 is 19.9 Å². The van der Waals surface area contributed by atoms with Crippen molar-refractivity contribution < 1.29 is 19.1 Å². The van der Waals surface area contributed by atoms with Gasteiger partial charge in [-0.1, -0.05) is 18.2 Å². The lowest BCUT2D eigenvalue weighted by atomic mass is 10.1. The van der Waals surface area contributed by atoms with Crippen LogP contribution < -0.4 is 10.9 Å². The molecule has 2 N–H and O–H groups in total. The van der Waals surface area contributed by atoms with Gasteiger partial charge in [-0.05, 0) is 19.9 Å². The highest BCUT2D eigenvalue weighted by atomic mass is 16.5. The van der Waals surface area contributed by atoms with E-state index in [-0.39, 0.29) is 18.0 Å². The SMILES string of the molecule is CCNC(=O)CN(CC)C(=O)COC(=O)c1cc(=O)[nH]c2ccccc12. The Morgan fingerprint density at radius 2 is 1.92 bits per heavy atom. The van der Waals surface area contributed by atoms with E-state index in [4.69, 9.17) is 4.74 Å². The summed E-state index contributed by atoms with van der Waals surface area (Å²) in [5.41, 5.74) is 0.155. The summed E-state index contributed by atoms with van der Waals surface area (Å²) in [6, 6.07) is 7.95. The van der Waals surface area contributed by atoms with Crippen LogP contribution in [0.5, 0.6) is 0 Å². The minimum atomic E-state index is -0.769. The average Bonchev–Trinajstić information content (AvgIpc) is 2.63. The van der Waals surface area contributed by atoms with Gasteiger partial charge in [0.1, 0.15) is 0 Å². The van der Waals surface area contributed by atoms with E-state index in [1.54, 1.807) is 38.1 Å². The Kier molecular flexibility index (Phi) is 6.48. The van der Waals surface area contributed by atoms with E-state index < -0.39 is 24.0 Å². The highest BCUT2D eigenvalue weighted by Crippen LogP contribution is 2.15. The third-order valence-electron chi connectivity index (χ3n) is 3.74. The smallest absolute Gasteiger partial charge is 0.339 e. The maximum atomic E-state index is 12.3. The maximum absolute atomic E-state index is 12.3. The molecule has 2 rings (SSSR count). The first-order valence-electron chi connectivity index (χ1n) is 8.29. The zero-order valence-corrected chi connectivity index (χ0v) is 14.7. The third-order valence-corrected chi connectivity index (χ3v) is 3.74. The van der Waals surface area contributed by atoms with E-state index in [0.717, 1.165) is 6.07 Å². The number of H-pyrrole nitrogens is 1. The molecule has 2 amide bonds. The highest BCUT2D eigenvalue weighted by molar-refractivity contribution is 6.03. The molecule has 1 aromatic heterocycles. The molecule has 0 saturated carbocycles. The molecule has 138 valence electrons. The Balaban J connectivity index is 2.07. The van der Waals surface area contributed by atoms with Crippen molar-refractivity contribution in [1.82, 2.24) is 15.2 Å². The molecule has 2 aromatic rings. The van der Waals surface area contributed by atoms with Crippen molar-refractivity contribution >= 4 is 28.7 Å². The van der Waals surface area contributed by atoms with E-state index in [9.17, 15) is 19.2 Å². The molecule has 0 spiro atoms. The number of carbonyl (C=O) groups excluding carboxylic acids is 3. The summed E-state index contributed by atoms with van der Waals surface area (Å²) in [6.45, 7) is 3.67. The lowest BCUT2D eigenvalue weighted by molar-refractivity contribution is -0.138. The number of nitrogens with zero attached hydrogens (tertiary/aromatic N) is 1.